The summed E-state index contributed by atoms with van der Waals surface area (Å²) < 4.78 is 0. The molecule has 0 bridgehead atoms. The lowest BCUT2D eigenvalue weighted by molar-refractivity contribution is 0.372. The monoisotopic (exact) mass is 308 g/mol. The topological polar surface area (TPSA) is 31.4 Å². The molecule has 2 heterocycles. The van der Waals surface area contributed by atoms with Gasteiger partial charge in [0, 0.05) is 36.6 Å². The predicted octanol–water partition coefficient (Wildman–Crippen LogP) is 2.49. The summed E-state index contributed by atoms with van der Waals surface area (Å²) in [5.41, 5.74) is 1.30. The van der Waals surface area contributed by atoms with Gasteiger partial charge in [0.25, 0.3) is 0 Å². The van der Waals surface area contributed by atoms with E-state index in [4.69, 9.17) is 4.98 Å². The summed E-state index contributed by atoms with van der Waals surface area (Å²) >= 11 is 1.92. The van der Waals surface area contributed by atoms with Crippen LogP contribution in [0.5, 0.6) is 0 Å². The first-order valence-corrected chi connectivity index (χ1v) is 9.12. The molecular weight excluding hydrogens is 280 g/mol. The van der Waals surface area contributed by atoms with Gasteiger partial charge in [-0.3, -0.25) is 0 Å². The van der Waals surface area contributed by atoms with Gasteiger partial charge in [-0.15, -0.1) is 11.3 Å². The molecule has 0 aromatic carbocycles. The summed E-state index contributed by atoms with van der Waals surface area (Å²) in [6.45, 7) is 5.54. The minimum atomic E-state index is 0.639. The smallest absolute Gasteiger partial charge is 0.186 e. The van der Waals surface area contributed by atoms with Gasteiger partial charge < -0.3 is 15.1 Å². The SMILES string of the molecule is CCc1nc(N2CCCC2CN(C)C)sc1CNC1CC1. The molecule has 5 heteroatoms. The fraction of sp³-hybridized carbons (Fsp3) is 0.812. The Balaban J connectivity index is 1.71. The Morgan fingerprint density at radius 2 is 2.14 bits per heavy atom. The number of nitrogens with one attached hydrogen (secondary N) is 1. The number of likely N-dealkylation sites (N-methyl/N-ethyl adjacent to an activating group) is 1. The molecule has 1 aliphatic carbocycles. The van der Waals surface area contributed by atoms with Crippen molar-refractivity contribution >= 4 is 16.5 Å². The quantitative estimate of drug-likeness (QED) is 0.838. The number of thiazole rings is 1. The van der Waals surface area contributed by atoms with E-state index in [1.54, 1.807) is 0 Å². The summed E-state index contributed by atoms with van der Waals surface area (Å²) in [4.78, 5) is 11.3. The molecule has 1 atom stereocenters. The number of anilines is 1. The van der Waals surface area contributed by atoms with E-state index in [1.807, 2.05) is 11.3 Å². The van der Waals surface area contributed by atoms with E-state index in [0.29, 0.717) is 6.04 Å². The van der Waals surface area contributed by atoms with Gasteiger partial charge >= 0.3 is 0 Å². The zero-order valence-corrected chi connectivity index (χ0v) is 14.4. The second kappa shape index (κ2) is 6.63. The minimum Gasteiger partial charge on any atom is -0.344 e. The van der Waals surface area contributed by atoms with E-state index in [-0.39, 0.29) is 0 Å². The summed E-state index contributed by atoms with van der Waals surface area (Å²) in [6, 6.07) is 1.41. The molecule has 118 valence electrons. The molecule has 0 amide bonds. The van der Waals surface area contributed by atoms with Crippen molar-refractivity contribution < 1.29 is 0 Å². The number of hydrogen-bond donors (Lipinski definition) is 1. The Labute approximate surface area is 132 Å². The average molecular weight is 308 g/mol. The molecule has 2 aliphatic rings. The van der Waals surface area contributed by atoms with Crippen molar-refractivity contribution in [2.75, 3.05) is 32.1 Å². The highest BCUT2D eigenvalue weighted by atomic mass is 32.1. The molecular formula is C16H28N4S. The Morgan fingerprint density at radius 1 is 1.33 bits per heavy atom. The maximum atomic E-state index is 4.95. The van der Waals surface area contributed by atoms with Crippen LogP contribution in [0.15, 0.2) is 0 Å². The second-order valence-corrected chi connectivity index (χ2v) is 7.69. The van der Waals surface area contributed by atoms with Crippen molar-refractivity contribution in [1.29, 1.82) is 0 Å². The number of aromatic nitrogens is 1. The van der Waals surface area contributed by atoms with E-state index in [0.717, 1.165) is 25.6 Å². The van der Waals surface area contributed by atoms with E-state index in [2.05, 4.69) is 36.1 Å². The van der Waals surface area contributed by atoms with Crippen molar-refractivity contribution in [3.63, 3.8) is 0 Å². The van der Waals surface area contributed by atoms with Crippen molar-refractivity contribution in [2.24, 2.45) is 0 Å². The Kier molecular flexibility index (Phi) is 4.82. The fourth-order valence-corrected chi connectivity index (χ4v) is 4.33. The standard InChI is InChI=1S/C16H28N4S/c1-4-14-15(10-17-12-7-8-12)21-16(18-14)20-9-5-6-13(20)11-19(2)3/h12-13,17H,4-11H2,1-3H3. The maximum Gasteiger partial charge on any atom is 0.186 e. The van der Waals surface area contributed by atoms with Crippen molar-refractivity contribution in [3.05, 3.63) is 10.6 Å². The van der Waals surface area contributed by atoms with Crippen molar-refractivity contribution in [3.8, 4) is 0 Å². The molecule has 1 saturated heterocycles. The van der Waals surface area contributed by atoms with E-state index >= 15 is 0 Å². The summed E-state index contributed by atoms with van der Waals surface area (Å²) in [5, 5.41) is 4.89. The zero-order valence-electron chi connectivity index (χ0n) is 13.6. The predicted molar refractivity (Wildman–Crippen MR) is 90.3 cm³/mol. The fourth-order valence-electron chi connectivity index (χ4n) is 3.13. The van der Waals surface area contributed by atoms with Crippen LogP contribution in [0, 0.1) is 0 Å². The highest BCUT2D eigenvalue weighted by molar-refractivity contribution is 7.15. The van der Waals surface area contributed by atoms with Gasteiger partial charge in [0.2, 0.25) is 0 Å². The first-order chi connectivity index (χ1) is 10.2. The third kappa shape index (κ3) is 3.76. The zero-order chi connectivity index (χ0) is 14.8. The van der Waals surface area contributed by atoms with E-state index in [1.165, 1.54) is 47.9 Å². The van der Waals surface area contributed by atoms with Crippen LogP contribution < -0.4 is 10.2 Å². The highest BCUT2D eigenvalue weighted by Crippen LogP contribution is 2.33. The second-order valence-electron chi connectivity index (χ2n) is 6.63. The molecule has 1 aliphatic heterocycles. The van der Waals surface area contributed by atoms with Crippen LogP contribution in [0.25, 0.3) is 0 Å². The van der Waals surface area contributed by atoms with Crippen LogP contribution in [0.3, 0.4) is 0 Å². The van der Waals surface area contributed by atoms with Gasteiger partial charge in [-0.2, -0.15) is 0 Å². The third-order valence-electron chi connectivity index (χ3n) is 4.43. The Morgan fingerprint density at radius 3 is 2.81 bits per heavy atom. The van der Waals surface area contributed by atoms with Crippen LogP contribution in [0.2, 0.25) is 0 Å². The molecule has 0 radical (unpaired) electrons. The molecule has 0 spiro atoms. The van der Waals surface area contributed by atoms with Gasteiger partial charge in [0.05, 0.1) is 5.69 Å². The van der Waals surface area contributed by atoms with Crippen LogP contribution in [0.1, 0.15) is 43.2 Å². The molecule has 1 saturated carbocycles. The molecule has 2 fully saturated rings. The molecule has 1 aromatic heterocycles. The lowest BCUT2D eigenvalue weighted by Gasteiger charge is -2.26. The molecule has 21 heavy (non-hydrogen) atoms. The van der Waals surface area contributed by atoms with E-state index < -0.39 is 0 Å². The maximum absolute atomic E-state index is 4.95. The first-order valence-electron chi connectivity index (χ1n) is 8.30. The summed E-state index contributed by atoms with van der Waals surface area (Å²) in [7, 11) is 4.33. The lowest BCUT2D eigenvalue weighted by Crippen LogP contribution is -2.37. The molecule has 4 nitrogen and oxygen atoms in total. The molecule has 1 N–H and O–H groups in total. The van der Waals surface area contributed by atoms with Crippen molar-refractivity contribution in [2.45, 2.75) is 57.7 Å². The summed E-state index contributed by atoms with van der Waals surface area (Å²) in [6.07, 6.45) is 6.35. The third-order valence-corrected chi connectivity index (χ3v) is 5.56. The van der Waals surface area contributed by atoms with Crippen LogP contribution in [-0.4, -0.2) is 49.2 Å². The number of hydrogen-bond acceptors (Lipinski definition) is 5. The Bertz CT molecular complexity index is 467. The van der Waals surface area contributed by atoms with E-state index in [9.17, 15) is 0 Å². The number of aryl methyl sites for hydroxylation is 1. The van der Waals surface area contributed by atoms with Gasteiger partial charge in [-0.05, 0) is 46.2 Å². The van der Waals surface area contributed by atoms with Gasteiger partial charge in [0.1, 0.15) is 0 Å². The van der Waals surface area contributed by atoms with Crippen molar-refractivity contribution in [1.82, 2.24) is 15.2 Å². The number of rotatable bonds is 7. The summed E-state index contributed by atoms with van der Waals surface area (Å²) in [5.74, 6) is 0. The van der Waals surface area contributed by atoms with Gasteiger partial charge in [-0.1, -0.05) is 6.92 Å². The number of nitrogens with zero attached hydrogens (tertiary/aromatic N) is 3. The lowest BCUT2D eigenvalue weighted by atomic mass is 10.2. The van der Waals surface area contributed by atoms with Gasteiger partial charge in [-0.25, -0.2) is 4.98 Å². The van der Waals surface area contributed by atoms with Gasteiger partial charge in [0.15, 0.2) is 5.13 Å². The molecule has 1 unspecified atom stereocenters. The minimum absolute atomic E-state index is 0.639. The first kappa shape index (κ1) is 15.3. The average Bonchev–Trinajstić information content (AvgIpc) is 3.01. The molecule has 1 aromatic rings. The normalized spacial score (nSPS) is 22.5. The van der Waals surface area contributed by atoms with Crippen LogP contribution >= 0.6 is 11.3 Å². The van der Waals surface area contributed by atoms with Crippen LogP contribution in [-0.2, 0) is 13.0 Å². The largest absolute Gasteiger partial charge is 0.344 e. The highest BCUT2D eigenvalue weighted by Gasteiger charge is 2.28. The van der Waals surface area contributed by atoms with Crippen LogP contribution in [0.4, 0.5) is 5.13 Å². The molecule has 3 rings (SSSR count). The Hall–Kier alpha value is -0.650.